The van der Waals surface area contributed by atoms with Crippen molar-refractivity contribution in [3.05, 3.63) is 85.1 Å². The summed E-state index contributed by atoms with van der Waals surface area (Å²) in [4.78, 5) is 66.8. The highest BCUT2D eigenvalue weighted by Crippen LogP contribution is 2.39. The number of allylic oxidation sites excluding steroid dienone is 12. The zero-order valence-corrected chi connectivity index (χ0v) is 55.0. The number of nitrogens with zero attached hydrogens (tertiary/aromatic N) is 2. The lowest BCUT2D eigenvalue weighted by molar-refractivity contribution is -0.312. The van der Waals surface area contributed by atoms with Crippen molar-refractivity contribution in [3.63, 3.8) is 0 Å². The maximum absolute atomic E-state index is 13.4. The lowest BCUT2D eigenvalue weighted by Gasteiger charge is -2.49. The van der Waals surface area contributed by atoms with E-state index in [9.17, 15) is 80.1 Å². The van der Waals surface area contributed by atoms with Crippen LogP contribution in [0.3, 0.4) is 0 Å². The number of esters is 1. The molecule has 5 saturated heterocycles. The fraction of sp³-hybridized carbons (Fsp3) is 0.716. The number of thioether (sulfide) groups is 1. The SMILES string of the molecule is C[C@@H]1[C@H](O)[C@@H](C)C=CC=CC=CC=CC=CC=CC=C[C@H](O[C@@H]2O[C@H](C)[C@@H](O)[C@H](N3CCN(C(=O)CCCCCNC(=O)CCCC[C@@H]4SC[C@@H]5NC(=O)N[C@@H]54)CC3)[C@@H]2O)C[C@@H]2O[C@](O)(C[C@@H](O)C[C@@H](O)[C@H](O)CC[C@@H](O)C[C@@H](O)CC(=O)O[C@H]1C)C[C@H](O)[C@H]2C(=O)O. The fourth-order valence-electron chi connectivity index (χ4n) is 12.9. The average molecular weight is 1330 g/mol. The number of unbranched alkanes of at least 4 members (excludes halogenated alkanes) is 3. The molecule has 25 nitrogen and oxygen atoms in total. The number of fused-ring (bicyclic) bond motifs is 3. The van der Waals surface area contributed by atoms with E-state index in [2.05, 4.69) is 16.0 Å². The second kappa shape index (κ2) is 38.8. The Hall–Kier alpha value is -4.88. The summed E-state index contributed by atoms with van der Waals surface area (Å²) in [5.41, 5.74) is 0. The van der Waals surface area contributed by atoms with Gasteiger partial charge in [-0.05, 0) is 58.8 Å². The maximum Gasteiger partial charge on any atom is 0.315 e. The minimum Gasteiger partial charge on any atom is -0.481 e. The number of nitrogens with one attached hydrogen (secondary N) is 3. The van der Waals surface area contributed by atoms with Gasteiger partial charge in [0.2, 0.25) is 11.8 Å². The molecule has 0 unspecified atom stereocenters. The van der Waals surface area contributed by atoms with Gasteiger partial charge in [0.25, 0.3) is 0 Å². The Kier molecular flexibility index (Phi) is 32.1. The van der Waals surface area contributed by atoms with Crippen LogP contribution in [-0.2, 0) is 38.1 Å². The Bertz CT molecular complexity index is 2570. The summed E-state index contributed by atoms with van der Waals surface area (Å²) >= 11 is 1.86. The fourth-order valence-corrected chi connectivity index (χ4v) is 14.5. The number of rotatable bonds is 15. The Balaban J connectivity index is 1.07. The molecule has 524 valence electrons. The quantitative estimate of drug-likeness (QED) is 0.0635. The van der Waals surface area contributed by atoms with Crippen LogP contribution in [0.1, 0.15) is 130 Å². The highest BCUT2D eigenvalue weighted by atomic mass is 32.2. The first-order valence-corrected chi connectivity index (χ1v) is 34.3. The lowest BCUT2D eigenvalue weighted by atomic mass is 9.82. The molecule has 0 aliphatic carbocycles. The van der Waals surface area contributed by atoms with Crippen molar-refractivity contribution in [2.24, 2.45) is 17.8 Å². The number of carbonyl (C=O) groups is 5. The molecule has 6 aliphatic heterocycles. The van der Waals surface area contributed by atoms with E-state index in [0.29, 0.717) is 57.2 Å². The number of urea groups is 1. The Morgan fingerprint density at radius 1 is 0.677 bits per heavy atom. The number of carboxylic acid groups (broad SMARTS) is 1. The summed E-state index contributed by atoms with van der Waals surface area (Å²) in [6, 6.07) is -0.712. The number of carboxylic acids is 1. The molecule has 22 atom stereocenters. The second-order valence-corrected chi connectivity index (χ2v) is 27.2. The van der Waals surface area contributed by atoms with Crippen LogP contribution < -0.4 is 16.0 Å². The van der Waals surface area contributed by atoms with Gasteiger partial charge in [-0.1, -0.05) is 112 Å². The van der Waals surface area contributed by atoms with Crippen LogP contribution in [0.5, 0.6) is 0 Å². The molecule has 93 heavy (non-hydrogen) atoms. The molecule has 0 saturated carbocycles. The third-order valence-corrected chi connectivity index (χ3v) is 20.0. The van der Waals surface area contributed by atoms with Gasteiger partial charge in [-0.15, -0.1) is 0 Å². The molecular formula is C67H105N5O20S. The first-order chi connectivity index (χ1) is 44.3. The molecular weight excluding hydrogens is 1230 g/mol. The normalized spacial score (nSPS) is 37.8. The minimum atomic E-state index is -2.38. The average Bonchev–Trinajstić information content (AvgIpc) is 1.52. The van der Waals surface area contributed by atoms with Crippen molar-refractivity contribution in [3.8, 4) is 0 Å². The highest BCUT2D eigenvalue weighted by molar-refractivity contribution is 8.00. The molecule has 0 spiro atoms. The molecule has 0 aromatic heterocycles. The molecule has 5 fully saturated rings. The summed E-state index contributed by atoms with van der Waals surface area (Å²) in [5.74, 6) is -6.13. The van der Waals surface area contributed by atoms with Gasteiger partial charge in [0.05, 0.1) is 91.7 Å². The first-order valence-electron chi connectivity index (χ1n) is 33.2. The van der Waals surface area contributed by atoms with Gasteiger partial charge in [-0.2, -0.15) is 11.8 Å². The Labute approximate surface area is 550 Å². The Morgan fingerprint density at radius 3 is 1.99 bits per heavy atom. The minimum absolute atomic E-state index is 0.00241. The first kappa shape index (κ1) is 77.1. The number of ether oxygens (including phenoxy) is 4. The molecule has 6 rings (SSSR count). The predicted octanol–water partition coefficient (Wildman–Crippen LogP) is 2.30. The third-order valence-electron chi connectivity index (χ3n) is 18.5. The predicted molar refractivity (Wildman–Crippen MR) is 346 cm³/mol. The van der Waals surface area contributed by atoms with Crippen LogP contribution in [0.4, 0.5) is 4.79 Å². The van der Waals surface area contributed by atoms with Crippen LogP contribution >= 0.6 is 11.8 Å². The summed E-state index contributed by atoms with van der Waals surface area (Å²) < 4.78 is 24.2. The van der Waals surface area contributed by atoms with E-state index in [1.54, 1.807) is 92.5 Å². The number of cyclic esters (lactones) is 1. The number of carbonyl (C=O) groups excluding carboxylic acids is 4. The maximum atomic E-state index is 13.4. The molecule has 2 bridgehead atoms. The van der Waals surface area contributed by atoms with E-state index in [0.717, 1.165) is 37.9 Å². The van der Waals surface area contributed by atoms with Gasteiger partial charge in [-0.25, -0.2) is 4.79 Å². The van der Waals surface area contributed by atoms with Gasteiger partial charge < -0.3 is 96.0 Å². The number of hydrogen-bond acceptors (Lipinski definition) is 21. The zero-order chi connectivity index (χ0) is 67.8. The van der Waals surface area contributed by atoms with Crippen LogP contribution in [0.15, 0.2) is 85.1 Å². The van der Waals surface area contributed by atoms with Crippen molar-refractivity contribution in [2.45, 2.75) is 245 Å². The third kappa shape index (κ3) is 24.9. The summed E-state index contributed by atoms with van der Waals surface area (Å²) in [6.07, 6.45) is 8.46. The van der Waals surface area contributed by atoms with Gasteiger partial charge in [0.15, 0.2) is 12.1 Å². The number of piperazine rings is 1. The molecule has 0 aromatic carbocycles. The monoisotopic (exact) mass is 1330 g/mol. The van der Waals surface area contributed by atoms with Crippen LogP contribution in [0, 0.1) is 17.8 Å². The van der Waals surface area contributed by atoms with E-state index >= 15 is 0 Å². The van der Waals surface area contributed by atoms with Crippen LogP contribution in [0.25, 0.3) is 0 Å². The molecule has 6 aliphatic rings. The van der Waals surface area contributed by atoms with E-state index in [4.69, 9.17) is 18.9 Å². The summed E-state index contributed by atoms with van der Waals surface area (Å²) in [6.45, 7) is 8.60. The standard InChI is InChI=1S/C67H105N5O20S/c1-41-22-16-13-11-9-7-5-6-8-10-12-14-17-23-48(37-53-58(64(85)86)52(78)39-67(88,92-53)38-47(75)35-51(77)50(76)28-27-45(73)34-46(74)36-57(81)89-43(3)42(2)61(41)82)91-65-63(84)60(62(83)44(4)90-65)72-32-30-71(31-33-72)56(80)26-18-15-21-29-68-55(79)25-20-19-24-54-59-49(40-93-54)69-66(87)70-59/h5-14,16-17,22-23,41-54,58-63,65,73-78,82-84,88H,15,18-21,24-40H2,1-4H3,(H,68,79)(H,85,86)(H2,69,70,87)/t41-,42-,43-,44+,45+,46+,47-,48-,49-,50+,51+,52-,53-,54-,58+,59-,60-,61+,62+,63-,65-,67+/m0/s1. The van der Waals surface area contributed by atoms with E-state index < -0.39 is 147 Å². The van der Waals surface area contributed by atoms with Crippen LogP contribution in [0.2, 0.25) is 0 Å². The smallest absolute Gasteiger partial charge is 0.315 e. The number of aliphatic hydroxyl groups excluding tert-OH is 9. The number of hydrogen-bond donors (Lipinski definition) is 14. The van der Waals surface area contributed by atoms with E-state index in [1.165, 1.54) is 0 Å². The molecule has 0 aromatic rings. The topological polar surface area (TPSA) is 387 Å². The summed E-state index contributed by atoms with van der Waals surface area (Å²) in [5, 5.41) is 132. The molecule has 0 radical (unpaired) electrons. The lowest BCUT2D eigenvalue weighted by Crippen LogP contribution is -2.66. The van der Waals surface area contributed by atoms with Gasteiger partial charge in [-0.3, -0.25) is 24.1 Å². The van der Waals surface area contributed by atoms with Crippen molar-refractivity contribution in [1.82, 2.24) is 25.8 Å². The Morgan fingerprint density at radius 2 is 1.32 bits per heavy atom. The zero-order valence-electron chi connectivity index (χ0n) is 54.2. The van der Waals surface area contributed by atoms with E-state index in [-0.39, 0.29) is 61.5 Å². The van der Waals surface area contributed by atoms with Crippen molar-refractivity contribution < 1.29 is 99.1 Å². The molecule has 14 N–H and O–H groups in total. The number of aliphatic hydroxyl groups is 10. The van der Waals surface area contributed by atoms with Crippen molar-refractivity contribution in [2.75, 3.05) is 38.5 Å². The molecule has 26 heteroatoms. The number of aliphatic carboxylic acids is 1. The van der Waals surface area contributed by atoms with Gasteiger partial charge >= 0.3 is 18.0 Å². The van der Waals surface area contributed by atoms with Gasteiger partial charge in [0, 0.05) is 94.1 Å². The molecule has 4 amide bonds. The highest BCUT2D eigenvalue weighted by Gasteiger charge is 2.52. The van der Waals surface area contributed by atoms with Crippen LogP contribution in [-0.4, -0.2) is 249 Å². The second-order valence-electron chi connectivity index (χ2n) is 25.9. The largest absolute Gasteiger partial charge is 0.481 e. The molecule has 6 heterocycles. The van der Waals surface area contributed by atoms with E-state index in [1.807, 2.05) is 41.8 Å². The number of amides is 4. The summed E-state index contributed by atoms with van der Waals surface area (Å²) in [7, 11) is 0. The van der Waals surface area contributed by atoms with Crippen molar-refractivity contribution >= 4 is 41.5 Å². The van der Waals surface area contributed by atoms with Gasteiger partial charge in [0.1, 0.15) is 18.1 Å². The van der Waals surface area contributed by atoms with Crippen molar-refractivity contribution in [1.29, 1.82) is 0 Å².